The van der Waals surface area contributed by atoms with Crippen molar-refractivity contribution >= 4 is 11.9 Å². The van der Waals surface area contributed by atoms with Crippen LogP contribution >= 0.6 is 0 Å². The van der Waals surface area contributed by atoms with Crippen LogP contribution in [0.5, 0.6) is 0 Å². The minimum absolute atomic E-state index is 0.0919. The van der Waals surface area contributed by atoms with Crippen molar-refractivity contribution in [2.75, 3.05) is 6.61 Å². The van der Waals surface area contributed by atoms with Crippen LogP contribution in [0.3, 0.4) is 0 Å². The molecule has 0 aromatic carbocycles. The normalized spacial score (nSPS) is 13.4. The predicted molar refractivity (Wildman–Crippen MR) is 48.3 cm³/mol. The van der Waals surface area contributed by atoms with Gasteiger partial charge in [-0.15, -0.1) is 0 Å². The SMILES string of the molecule is CC(=O)N[C@@H](COC(C)(C)C)C(=O)[O-]. The highest BCUT2D eigenvalue weighted by Crippen LogP contribution is 2.06. The number of ether oxygens (including phenoxy) is 1. The standard InChI is InChI=1S/C9H17NO4/c1-6(11)10-7(8(12)13)5-14-9(2,3)4/h7H,5H2,1-4H3,(H,10,11)(H,12,13)/p-1/t7-/m0/s1. The van der Waals surface area contributed by atoms with Crippen LogP contribution in [0, 0.1) is 0 Å². The van der Waals surface area contributed by atoms with E-state index in [1.807, 2.05) is 0 Å². The van der Waals surface area contributed by atoms with E-state index in [9.17, 15) is 14.7 Å². The van der Waals surface area contributed by atoms with Crippen LogP contribution in [0.15, 0.2) is 0 Å². The fourth-order valence-electron chi connectivity index (χ4n) is 0.747. The van der Waals surface area contributed by atoms with E-state index in [2.05, 4.69) is 5.32 Å². The van der Waals surface area contributed by atoms with Gasteiger partial charge in [-0.05, 0) is 20.8 Å². The van der Waals surface area contributed by atoms with Gasteiger partial charge in [0.1, 0.15) is 0 Å². The third-order valence-electron chi connectivity index (χ3n) is 1.35. The van der Waals surface area contributed by atoms with E-state index in [0.717, 1.165) is 0 Å². The lowest BCUT2D eigenvalue weighted by Crippen LogP contribution is -2.50. The maximum atomic E-state index is 10.6. The molecule has 0 aliphatic carbocycles. The Morgan fingerprint density at radius 1 is 1.43 bits per heavy atom. The van der Waals surface area contributed by atoms with Crippen molar-refractivity contribution in [2.24, 2.45) is 0 Å². The second-order valence-electron chi connectivity index (χ2n) is 4.00. The third kappa shape index (κ3) is 6.42. The number of aliphatic carboxylic acids is 1. The van der Waals surface area contributed by atoms with E-state index >= 15 is 0 Å². The third-order valence-corrected chi connectivity index (χ3v) is 1.35. The summed E-state index contributed by atoms with van der Waals surface area (Å²) in [6.45, 7) is 6.55. The molecule has 0 radical (unpaired) electrons. The molecule has 0 saturated heterocycles. The van der Waals surface area contributed by atoms with E-state index in [0.29, 0.717) is 0 Å². The van der Waals surface area contributed by atoms with Crippen LogP contribution in [0.2, 0.25) is 0 Å². The number of nitrogens with one attached hydrogen (secondary N) is 1. The van der Waals surface area contributed by atoms with Crippen molar-refractivity contribution in [3.05, 3.63) is 0 Å². The largest absolute Gasteiger partial charge is 0.548 e. The number of rotatable bonds is 4. The molecule has 0 aliphatic heterocycles. The Hall–Kier alpha value is -1.10. The van der Waals surface area contributed by atoms with E-state index in [4.69, 9.17) is 4.74 Å². The van der Waals surface area contributed by atoms with E-state index in [1.165, 1.54) is 6.92 Å². The highest BCUT2D eigenvalue weighted by molar-refractivity contribution is 5.81. The Kier molecular flexibility index (Phi) is 4.56. The zero-order valence-electron chi connectivity index (χ0n) is 8.92. The first kappa shape index (κ1) is 12.9. The van der Waals surface area contributed by atoms with Gasteiger partial charge < -0.3 is 20.0 Å². The molecule has 14 heavy (non-hydrogen) atoms. The zero-order valence-corrected chi connectivity index (χ0v) is 8.92. The van der Waals surface area contributed by atoms with Crippen LogP contribution in [0.4, 0.5) is 0 Å². The smallest absolute Gasteiger partial charge is 0.217 e. The molecular formula is C9H16NO4-. The van der Waals surface area contributed by atoms with Gasteiger partial charge in [0.05, 0.1) is 24.2 Å². The van der Waals surface area contributed by atoms with Gasteiger partial charge in [-0.2, -0.15) is 0 Å². The number of amides is 1. The lowest BCUT2D eigenvalue weighted by atomic mass is 10.2. The van der Waals surface area contributed by atoms with Gasteiger partial charge in [-0.3, -0.25) is 4.79 Å². The summed E-state index contributed by atoms with van der Waals surface area (Å²) < 4.78 is 5.22. The van der Waals surface area contributed by atoms with Gasteiger partial charge in [-0.1, -0.05) is 0 Å². The molecule has 0 heterocycles. The lowest BCUT2D eigenvalue weighted by molar-refractivity contribution is -0.309. The summed E-state index contributed by atoms with van der Waals surface area (Å²) in [7, 11) is 0. The molecule has 0 saturated carbocycles. The Morgan fingerprint density at radius 3 is 2.21 bits per heavy atom. The van der Waals surface area contributed by atoms with Crippen LogP contribution in [0.1, 0.15) is 27.7 Å². The van der Waals surface area contributed by atoms with E-state index in [-0.39, 0.29) is 6.61 Å². The van der Waals surface area contributed by atoms with E-state index in [1.54, 1.807) is 20.8 Å². The maximum absolute atomic E-state index is 10.6. The monoisotopic (exact) mass is 202 g/mol. The van der Waals surface area contributed by atoms with Gasteiger partial charge in [0.25, 0.3) is 0 Å². The maximum Gasteiger partial charge on any atom is 0.217 e. The van der Waals surface area contributed by atoms with Gasteiger partial charge in [0, 0.05) is 6.92 Å². The van der Waals surface area contributed by atoms with Crippen molar-refractivity contribution in [3.8, 4) is 0 Å². The number of carbonyl (C=O) groups is 2. The predicted octanol–water partition coefficient (Wildman–Crippen LogP) is -0.944. The second-order valence-corrected chi connectivity index (χ2v) is 4.00. The summed E-state index contributed by atoms with van der Waals surface area (Å²) in [5.41, 5.74) is -0.438. The van der Waals surface area contributed by atoms with Crippen molar-refractivity contribution in [1.29, 1.82) is 0 Å². The van der Waals surface area contributed by atoms with Crippen LogP contribution in [-0.2, 0) is 14.3 Å². The molecule has 0 spiro atoms. The molecule has 82 valence electrons. The van der Waals surface area contributed by atoms with Crippen molar-refractivity contribution in [3.63, 3.8) is 0 Å². The van der Waals surface area contributed by atoms with Crippen molar-refractivity contribution in [1.82, 2.24) is 5.32 Å². The van der Waals surface area contributed by atoms with Gasteiger partial charge in [0.2, 0.25) is 5.91 Å². The first-order valence-electron chi connectivity index (χ1n) is 4.34. The number of hydrogen-bond donors (Lipinski definition) is 1. The first-order chi connectivity index (χ1) is 6.22. The Bertz CT molecular complexity index is 219. The molecule has 0 rings (SSSR count). The fraction of sp³-hybridized carbons (Fsp3) is 0.778. The van der Waals surface area contributed by atoms with Crippen LogP contribution in [-0.4, -0.2) is 30.1 Å². The molecule has 1 amide bonds. The molecule has 0 aromatic heterocycles. The summed E-state index contributed by atoms with van der Waals surface area (Å²) in [5.74, 6) is -1.76. The molecule has 0 aliphatic rings. The van der Waals surface area contributed by atoms with Crippen molar-refractivity contribution in [2.45, 2.75) is 39.3 Å². The molecule has 1 N–H and O–H groups in total. The van der Waals surface area contributed by atoms with Crippen LogP contribution in [0.25, 0.3) is 0 Å². The first-order valence-corrected chi connectivity index (χ1v) is 4.34. The Labute approximate surface area is 83.4 Å². The van der Waals surface area contributed by atoms with Gasteiger partial charge in [-0.25, -0.2) is 0 Å². The van der Waals surface area contributed by atoms with Crippen LogP contribution < -0.4 is 10.4 Å². The minimum Gasteiger partial charge on any atom is -0.548 e. The number of carboxylic acid groups (broad SMARTS) is 1. The second kappa shape index (κ2) is 4.95. The Balaban J connectivity index is 4.11. The Morgan fingerprint density at radius 2 is 1.93 bits per heavy atom. The molecular weight excluding hydrogens is 186 g/mol. The molecule has 0 bridgehead atoms. The topological polar surface area (TPSA) is 78.5 Å². The zero-order chi connectivity index (χ0) is 11.4. The average Bonchev–Trinajstić information content (AvgIpc) is 1.94. The summed E-state index contributed by atoms with van der Waals surface area (Å²) in [6.07, 6.45) is 0. The molecule has 0 aromatic rings. The molecule has 0 fully saturated rings. The van der Waals surface area contributed by atoms with Gasteiger partial charge >= 0.3 is 0 Å². The lowest BCUT2D eigenvalue weighted by Gasteiger charge is -2.25. The quantitative estimate of drug-likeness (QED) is 0.638. The van der Waals surface area contributed by atoms with Crippen molar-refractivity contribution < 1.29 is 19.4 Å². The molecule has 1 atom stereocenters. The number of carbonyl (C=O) groups excluding carboxylic acids is 2. The molecule has 5 heteroatoms. The highest BCUT2D eigenvalue weighted by Gasteiger charge is 2.16. The summed E-state index contributed by atoms with van der Waals surface area (Å²) in [4.78, 5) is 21.2. The number of carboxylic acids is 1. The van der Waals surface area contributed by atoms with Gasteiger partial charge in [0.15, 0.2) is 0 Å². The minimum atomic E-state index is -1.34. The number of hydrogen-bond acceptors (Lipinski definition) is 4. The molecule has 0 unspecified atom stereocenters. The summed E-state index contributed by atoms with van der Waals surface area (Å²) >= 11 is 0. The fourth-order valence-corrected chi connectivity index (χ4v) is 0.747. The summed E-state index contributed by atoms with van der Waals surface area (Å²) in [6, 6.07) is -1.09. The summed E-state index contributed by atoms with van der Waals surface area (Å²) in [5, 5.41) is 12.8. The van der Waals surface area contributed by atoms with E-state index < -0.39 is 23.5 Å². The highest BCUT2D eigenvalue weighted by atomic mass is 16.5. The average molecular weight is 202 g/mol. The molecule has 5 nitrogen and oxygen atoms in total.